The Bertz CT molecular complexity index is 826. The molecule has 0 radical (unpaired) electrons. The average Bonchev–Trinajstić information content (AvgIpc) is 2.62. The lowest BCUT2D eigenvalue weighted by Crippen LogP contribution is -2.37. The van der Waals surface area contributed by atoms with E-state index in [1.165, 1.54) is 0 Å². The Hall–Kier alpha value is -2.34. The molecule has 1 atom stereocenters. The van der Waals surface area contributed by atoms with E-state index in [1.54, 1.807) is 19.1 Å². The summed E-state index contributed by atoms with van der Waals surface area (Å²) in [5, 5.41) is 12.4. The van der Waals surface area contributed by atoms with E-state index in [1.807, 2.05) is 6.07 Å². The van der Waals surface area contributed by atoms with Gasteiger partial charge in [-0.25, -0.2) is 4.79 Å². The van der Waals surface area contributed by atoms with Crippen molar-refractivity contribution in [2.45, 2.75) is 45.1 Å². The highest BCUT2D eigenvalue weighted by molar-refractivity contribution is 5.83. The number of carbonyl (C=O) groups is 1. The molecule has 1 heterocycles. The standard InChI is InChI=1S/C19H23NO5/c1-12(18(22)20-9-4-10-21)24-13-7-8-15-14-5-2-3-6-16(14)19(23)25-17(15)11-13/h7-8,11-12,21H,2-6,9-10H2,1H3,(H,20,22)/t12-/m1/s1. The van der Waals surface area contributed by atoms with Gasteiger partial charge in [0.15, 0.2) is 6.10 Å². The Balaban J connectivity index is 1.80. The monoisotopic (exact) mass is 345 g/mol. The molecule has 1 aromatic carbocycles. The van der Waals surface area contributed by atoms with Crippen molar-refractivity contribution in [3.05, 3.63) is 39.7 Å². The molecule has 134 valence electrons. The number of aryl methyl sites for hydroxylation is 1. The fourth-order valence-corrected chi connectivity index (χ4v) is 3.19. The predicted octanol–water partition coefficient (Wildman–Crippen LogP) is 1.94. The first kappa shape index (κ1) is 17.5. The number of hydrogen-bond donors (Lipinski definition) is 2. The summed E-state index contributed by atoms with van der Waals surface area (Å²) in [6, 6.07) is 5.37. The Morgan fingerprint density at radius 2 is 2.08 bits per heavy atom. The van der Waals surface area contributed by atoms with E-state index in [0.29, 0.717) is 24.3 Å². The summed E-state index contributed by atoms with van der Waals surface area (Å²) < 4.78 is 11.1. The van der Waals surface area contributed by atoms with Gasteiger partial charge in [0, 0.05) is 30.2 Å². The van der Waals surface area contributed by atoms with Gasteiger partial charge in [0.1, 0.15) is 11.3 Å². The molecule has 0 bridgehead atoms. The Morgan fingerprint density at radius 3 is 2.84 bits per heavy atom. The molecule has 6 nitrogen and oxygen atoms in total. The van der Waals surface area contributed by atoms with Crippen LogP contribution in [0.3, 0.4) is 0 Å². The molecule has 2 aromatic rings. The van der Waals surface area contributed by atoms with Crippen LogP contribution in [0, 0.1) is 0 Å². The average molecular weight is 345 g/mol. The molecule has 0 saturated heterocycles. The van der Waals surface area contributed by atoms with E-state index in [-0.39, 0.29) is 18.1 Å². The van der Waals surface area contributed by atoms with Crippen LogP contribution in [-0.4, -0.2) is 30.3 Å². The second kappa shape index (κ2) is 7.70. The molecule has 25 heavy (non-hydrogen) atoms. The molecule has 0 aliphatic heterocycles. The number of aliphatic hydroxyl groups excluding tert-OH is 1. The molecule has 3 rings (SSSR count). The summed E-state index contributed by atoms with van der Waals surface area (Å²) in [4.78, 5) is 24.1. The maximum Gasteiger partial charge on any atom is 0.339 e. The van der Waals surface area contributed by atoms with E-state index in [4.69, 9.17) is 14.3 Å². The Kier molecular flexibility index (Phi) is 5.38. The predicted molar refractivity (Wildman–Crippen MR) is 93.9 cm³/mol. The van der Waals surface area contributed by atoms with Gasteiger partial charge in [-0.05, 0) is 56.7 Å². The van der Waals surface area contributed by atoms with Crippen LogP contribution in [0.15, 0.2) is 27.4 Å². The summed E-state index contributed by atoms with van der Waals surface area (Å²) >= 11 is 0. The van der Waals surface area contributed by atoms with Gasteiger partial charge in [0.2, 0.25) is 0 Å². The fourth-order valence-electron chi connectivity index (χ4n) is 3.19. The van der Waals surface area contributed by atoms with Gasteiger partial charge in [-0.3, -0.25) is 4.79 Å². The lowest BCUT2D eigenvalue weighted by molar-refractivity contribution is -0.127. The fraction of sp³-hybridized carbons (Fsp3) is 0.474. The second-order valence-electron chi connectivity index (χ2n) is 6.34. The van der Waals surface area contributed by atoms with Gasteiger partial charge in [0.25, 0.3) is 5.91 Å². The number of fused-ring (bicyclic) bond motifs is 3. The van der Waals surface area contributed by atoms with Crippen molar-refractivity contribution in [1.82, 2.24) is 5.32 Å². The molecule has 1 aliphatic rings. The van der Waals surface area contributed by atoms with Crippen LogP contribution >= 0.6 is 0 Å². The first-order chi connectivity index (χ1) is 12.1. The normalized spacial score (nSPS) is 14.8. The molecule has 0 unspecified atom stereocenters. The van der Waals surface area contributed by atoms with Crippen molar-refractivity contribution < 1.29 is 19.1 Å². The van der Waals surface area contributed by atoms with Crippen molar-refractivity contribution in [3.63, 3.8) is 0 Å². The van der Waals surface area contributed by atoms with Gasteiger partial charge in [0.05, 0.1) is 0 Å². The number of benzene rings is 1. The smallest absolute Gasteiger partial charge is 0.339 e. The molecule has 1 amide bonds. The van der Waals surface area contributed by atoms with Crippen molar-refractivity contribution in [3.8, 4) is 5.75 Å². The van der Waals surface area contributed by atoms with Gasteiger partial charge in [-0.15, -0.1) is 0 Å². The molecule has 0 saturated carbocycles. The van der Waals surface area contributed by atoms with Crippen LogP contribution < -0.4 is 15.7 Å². The zero-order valence-corrected chi connectivity index (χ0v) is 14.3. The van der Waals surface area contributed by atoms with Gasteiger partial charge < -0.3 is 19.6 Å². The Morgan fingerprint density at radius 1 is 1.32 bits per heavy atom. The highest BCUT2D eigenvalue weighted by Crippen LogP contribution is 2.29. The summed E-state index contributed by atoms with van der Waals surface area (Å²) in [7, 11) is 0. The van der Waals surface area contributed by atoms with E-state index >= 15 is 0 Å². The highest BCUT2D eigenvalue weighted by Gasteiger charge is 2.19. The lowest BCUT2D eigenvalue weighted by Gasteiger charge is -2.17. The summed E-state index contributed by atoms with van der Waals surface area (Å²) in [5.74, 6) is 0.233. The van der Waals surface area contributed by atoms with Crippen LogP contribution in [-0.2, 0) is 17.6 Å². The topological polar surface area (TPSA) is 88.8 Å². The highest BCUT2D eigenvalue weighted by atomic mass is 16.5. The quantitative estimate of drug-likeness (QED) is 0.617. The molecule has 1 aliphatic carbocycles. The number of amides is 1. The van der Waals surface area contributed by atoms with Crippen molar-refractivity contribution in [1.29, 1.82) is 0 Å². The van der Waals surface area contributed by atoms with Gasteiger partial charge in [-0.2, -0.15) is 0 Å². The third kappa shape index (κ3) is 3.85. The molecule has 2 N–H and O–H groups in total. The van der Waals surface area contributed by atoms with Crippen LogP contribution in [0.1, 0.15) is 37.3 Å². The minimum atomic E-state index is -0.680. The van der Waals surface area contributed by atoms with Gasteiger partial charge >= 0.3 is 5.63 Å². The van der Waals surface area contributed by atoms with Crippen LogP contribution in [0.2, 0.25) is 0 Å². The molecular formula is C19H23NO5. The van der Waals surface area contributed by atoms with E-state index in [0.717, 1.165) is 42.2 Å². The number of carbonyl (C=O) groups excluding carboxylic acids is 1. The van der Waals surface area contributed by atoms with E-state index in [2.05, 4.69) is 5.32 Å². The van der Waals surface area contributed by atoms with Crippen molar-refractivity contribution in [2.75, 3.05) is 13.2 Å². The van der Waals surface area contributed by atoms with Crippen molar-refractivity contribution in [2.24, 2.45) is 0 Å². The lowest BCUT2D eigenvalue weighted by atomic mass is 9.91. The molecular weight excluding hydrogens is 322 g/mol. The van der Waals surface area contributed by atoms with Gasteiger partial charge in [-0.1, -0.05) is 0 Å². The maximum absolute atomic E-state index is 12.2. The molecule has 0 fully saturated rings. The largest absolute Gasteiger partial charge is 0.481 e. The third-order valence-electron chi connectivity index (χ3n) is 4.51. The van der Waals surface area contributed by atoms with E-state index < -0.39 is 6.10 Å². The number of rotatable bonds is 6. The van der Waals surface area contributed by atoms with Crippen LogP contribution in [0.25, 0.3) is 11.0 Å². The number of hydrogen-bond acceptors (Lipinski definition) is 5. The molecule has 6 heteroatoms. The van der Waals surface area contributed by atoms with Crippen LogP contribution in [0.4, 0.5) is 0 Å². The number of nitrogens with one attached hydrogen (secondary N) is 1. The summed E-state index contributed by atoms with van der Waals surface area (Å²) in [5.41, 5.74) is 2.10. The van der Waals surface area contributed by atoms with Crippen LogP contribution in [0.5, 0.6) is 5.75 Å². The minimum absolute atomic E-state index is 0.0313. The molecule has 1 aromatic heterocycles. The minimum Gasteiger partial charge on any atom is -0.481 e. The summed E-state index contributed by atoms with van der Waals surface area (Å²) in [6.07, 6.45) is 3.59. The number of aliphatic hydroxyl groups is 1. The SMILES string of the molecule is C[C@@H](Oc1ccc2c3c(c(=O)oc2c1)CCCC3)C(=O)NCCCO. The second-order valence-corrected chi connectivity index (χ2v) is 6.34. The molecule has 0 spiro atoms. The zero-order valence-electron chi connectivity index (χ0n) is 14.3. The Labute approximate surface area is 145 Å². The van der Waals surface area contributed by atoms with Crippen molar-refractivity contribution >= 4 is 16.9 Å². The first-order valence-electron chi connectivity index (χ1n) is 8.74. The summed E-state index contributed by atoms with van der Waals surface area (Å²) in [6.45, 7) is 2.09. The van der Waals surface area contributed by atoms with E-state index in [9.17, 15) is 9.59 Å². The first-order valence-corrected chi connectivity index (χ1v) is 8.74. The maximum atomic E-state index is 12.2. The zero-order chi connectivity index (χ0) is 17.8. The third-order valence-corrected chi connectivity index (χ3v) is 4.51. The number of ether oxygens (including phenoxy) is 1.